The molecule has 1 aliphatic rings. The minimum atomic E-state index is -1.09. The van der Waals surface area contributed by atoms with E-state index >= 15 is 0 Å². The quantitative estimate of drug-likeness (QED) is 0.484. The van der Waals surface area contributed by atoms with Gasteiger partial charge in [-0.2, -0.15) is 0 Å². The molecule has 1 aromatic rings. The minimum Gasteiger partial charge on any atom is -0.459 e. The summed E-state index contributed by atoms with van der Waals surface area (Å²) < 4.78 is 10.4. The summed E-state index contributed by atoms with van der Waals surface area (Å²) in [4.78, 5) is 37.6. The van der Waals surface area contributed by atoms with Gasteiger partial charge in [0, 0.05) is 0 Å². The molecular weight excluding hydrogens is 348 g/mol. The van der Waals surface area contributed by atoms with Gasteiger partial charge in [0.15, 0.2) is 0 Å². The van der Waals surface area contributed by atoms with E-state index in [0.717, 1.165) is 5.56 Å². The number of nitrogens with zero attached hydrogens (tertiary/aromatic N) is 1. The third kappa shape index (κ3) is 5.00. The van der Waals surface area contributed by atoms with Crippen LogP contribution in [-0.4, -0.2) is 46.6 Å². The van der Waals surface area contributed by atoms with Crippen molar-refractivity contribution in [3.63, 3.8) is 0 Å². The van der Waals surface area contributed by atoms with E-state index in [2.05, 4.69) is 11.2 Å². The third-order valence-corrected chi connectivity index (χ3v) is 3.99. The van der Waals surface area contributed by atoms with Crippen LogP contribution in [0.3, 0.4) is 0 Å². The SMILES string of the molecule is C#C[C@@]1(C)[C@@H](C(=O)NCC(=O)OC(C)(C)C)N1C(=O)OCc1ccccc1. The molecule has 1 aromatic carbocycles. The van der Waals surface area contributed by atoms with Crippen molar-refractivity contribution < 1.29 is 23.9 Å². The van der Waals surface area contributed by atoms with Crippen LogP contribution in [0, 0.1) is 12.3 Å². The highest BCUT2D eigenvalue weighted by molar-refractivity contribution is 5.96. The van der Waals surface area contributed by atoms with E-state index < -0.39 is 35.2 Å². The Kier molecular flexibility index (Phi) is 5.79. The molecule has 1 N–H and O–H groups in total. The number of rotatable bonds is 5. The molecule has 0 saturated carbocycles. The van der Waals surface area contributed by atoms with Crippen molar-refractivity contribution in [2.75, 3.05) is 6.54 Å². The maximum atomic E-state index is 12.4. The normalized spacial score (nSPS) is 21.0. The number of ether oxygens (including phenoxy) is 2. The van der Waals surface area contributed by atoms with Gasteiger partial charge in [-0.3, -0.25) is 14.5 Å². The standard InChI is InChI=1S/C20H24N2O5/c1-6-20(5)16(17(24)21-12-15(23)27-19(2,3)4)22(20)18(25)26-13-14-10-8-7-9-11-14/h1,7-11,16H,12-13H2,2-5H3,(H,21,24)/t16-,20+,22?/m1/s1. The Morgan fingerprint density at radius 1 is 1.26 bits per heavy atom. The first-order valence-electron chi connectivity index (χ1n) is 8.56. The summed E-state index contributed by atoms with van der Waals surface area (Å²) in [6.07, 6.45) is 4.82. The van der Waals surface area contributed by atoms with Gasteiger partial charge in [0.1, 0.15) is 30.3 Å². The van der Waals surface area contributed by atoms with Crippen LogP contribution in [0.15, 0.2) is 30.3 Å². The smallest absolute Gasteiger partial charge is 0.412 e. The first-order chi connectivity index (χ1) is 12.6. The highest BCUT2D eigenvalue weighted by atomic mass is 16.6. The number of carbonyl (C=O) groups excluding carboxylic acids is 3. The van der Waals surface area contributed by atoms with Crippen LogP contribution in [0.4, 0.5) is 4.79 Å². The fourth-order valence-corrected chi connectivity index (χ4v) is 2.63. The summed E-state index contributed by atoms with van der Waals surface area (Å²) in [6.45, 7) is 6.55. The molecule has 1 saturated heterocycles. The van der Waals surface area contributed by atoms with E-state index in [4.69, 9.17) is 15.9 Å². The van der Waals surface area contributed by atoms with E-state index in [9.17, 15) is 14.4 Å². The minimum absolute atomic E-state index is 0.0725. The van der Waals surface area contributed by atoms with Gasteiger partial charge in [-0.25, -0.2) is 4.79 Å². The number of benzene rings is 1. The van der Waals surface area contributed by atoms with Crippen LogP contribution in [0.5, 0.6) is 0 Å². The molecule has 0 bridgehead atoms. The van der Waals surface area contributed by atoms with Crippen LogP contribution >= 0.6 is 0 Å². The average Bonchev–Trinajstić information content (AvgIpc) is 3.23. The predicted molar refractivity (Wildman–Crippen MR) is 98.3 cm³/mol. The van der Waals surface area contributed by atoms with Gasteiger partial charge in [-0.15, -0.1) is 6.42 Å². The lowest BCUT2D eigenvalue weighted by molar-refractivity contribution is -0.154. The van der Waals surface area contributed by atoms with Gasteiger partial charge >= 0.3 is 12.1 Å². The van der Waals surface area contributed by atoms with E-state index in [0.29, 0.717) is 0 Å². The van der Waals surface area contributed by atoms with Gasteiger partial charge in [0.2, 0.25) is 5.91 Å². The Balaban J connectivity index is 1.92. The molecule has 1 fully saturated rings. The number of nitrogens with one attached hydrogen (secondary N) is 1. The van der Waals surface area contributed by atoms with Crippen molar-refractivity contribution in [3.8, 4) is 12.3 Å². The van der Waals surface area contributed by atoms with E-state index in [1.54, 1.807) is 27.7 Å². The zero-order chi connectivity index (χ0) is 20.2. The molecule has 1 aliphatic heterocycles. The Hall–Kier alpha value is -3.01. The molecule has 1 heterocycles. The number of carbonyl (C=O) groups is 3. The molecule has 2 amide bonds. The fraction of sp³-hybridized carbons (Fsp3) is 0.450. The highest BCUT2D eigenvalue weighted by Gasteiger charge is 2.66. The zero-order valence-corrected chi connectivity index (χ0v) is 15.9. The molecule has 2 atom stereocenters. The van der Waals surface area contributed by atoms with E-state index in [1.165, 1.54) is 4.90 Å². The summed E-state index contributed by atoms with van der Waals surface area (Å²) in [5.41, 5.74) is -0.922. The van der Waals surface area contributed by atoms with Crippen LogP contribution in [0.25, 0.3) is 0 Å². The molecule has 0 spiro atoms. The first-order valence-corrected chi connectivity index (χ1v) is 8.56. The van der Waals surface area contributed by atoms with Crippen molar-refractivity contribution in [3.05, 3.63) is 35.9 Å². The van der Waals surface area contributed by atoms with E-state index in [1.807, 2.05) is 30.3 Å². The van der Waals surface area contributed by atoms with Crippen molar-refractivity contribution >= 4 is 18.0 Å². The molecule has 7 nitrogen and oxygen atoms in total. The fourth-order valence-electron chi connectivity index (χ4n) is 2.63. The second-order valence-electron chi connectivity index (χ2n) is 7.41. The zero-order valence-electron chi connectivity index (χ0n) is 15.9. The number of terminal acetylenes is 1. The number of esters is 1. The van der Waals surface area contributed by atoms with E-state index in [-0.39, 0.29) is 13.2 Å². The summed E-state index contributed by atoms with van der Waals surface area (Å²) in [6, 6.07) is 8.27. The van der Waals surface area contributed by atoms with Gasteiger partial charge in [-0.1, -0.05) is 36.3 Å². The molecule has 0 unspecified atom stereocenters. The van der Waals surface area contributed by atoms with Crippen molar-refractivity contribution in [2.45, 2.75) is 51.5 Å². The van der Waals surface area contributed by atoms with Crippen LogP contribution < -0.4 is 5.32 Å². The molecule has 27 heavy (non-hydrogen) atoms. The predicted octanol–water partition coefficient (Wildman–Crippen LogP) is 1.86. The molecule has 7 heteroatoms. The lowest BCUT2D eigenvalue weighted by Gasteiger charge is -2.19. The summed E-state index contributed by atoms with van der Waals surface area (Å²) in [7, 11) is 0. The molecule has 0 aliphatic carbocycles. The maximum Gasteiger partial charge on any atom is 0.412 e. The molecule has 0 aromatic heterocycles. The molecule has 0 radical (unpaired) electrons. The number of hydrogen-bond donors (Lipinski definition) is 1. The third-order valence-electron chi connectivity index (χ3n) is 3.99. The van der Waals surface area contributed by atoms with Crippen LogP contribution in [0.1, 0.15) is 33.3 Å². The second-order valence-corrected chi connectivity index (χ2v) is 7.41. The van der Waals surface area contributed by atoms with Crippen LogP contribution in [-0.2, 0) is 25.7 Å². The van der Waals surface area contributed by atoms with Gasteiger partial charge < -0.3 is 14.8 Å². The number of amides is 2. The van der Waals surface area contributed by atoms with Crippen molar-refractivity contribution in [1.82, 2.24) is 10.2 Å². The summed E-state index contributed by atoms with van der Waals surface area (Å²) in [5, 5.41) is 2.46. The Morgan fingerprint density at radius 2 is 1.89 bits per heavy atom. The molecule has 2 rings (SSSR count). The average molecular weight is 372 g/mol. The highest BCUT2D eigenvalue weighted by Crippen LogP contribution is 2.41. The van der Waals surface area contributed by atoms with Crippen LogP contribution in [0.2, 0.25) is 0 Å². The largest absolute Gasteiger partial charge is 0.459 e. The van der Waals surface area contributed by atoms with Gasteiger partial charge in [0.05, 0.1) is 0 Å². The summed E-state index contributed by atoms with van der Waals surface area (Å²) >= 11 is 0. The topological polar surface area (TPSA) is 84.7 Å². The Morgan fingerprint density at radius 3 is 2.44 bits per heavy atom. The Bertz CT molecular complexity index is 763. The second kappa shape index (κ2) is 7.70. The van der Waals surface area contributed by atoms with Crippen molar-refractivity contribution in [1.29, 1.82) is 0 Å². The Labute approximate surface area is 159 Å². The lowest BCUT2D eigenvalue weighted by atomic mass is 10.1. The van der Waals surface area contributed by atoms with Gasteiger partial charge in [-0.05, 0) is 33.3 Å². The monoisotopic (exact) mass is 372 g/mol. The first kappa shape index (κ1) is 20.3. The van der Waals surface area contributed by atoms with Gasteiger partial charge in [0.25, 0.3) is 0 Å². The molecular formula is C20H24N2O5. The number of hydrogen-bond acceptors (Lipinski definition) is 5. The molecule has 144 valence electrons. The lowest BCUT2D eigenvalue weighted by Crippen LogP contribution is -2.38. The van der Waals surface area contributed by atoms with Crippen molar-refractivity contribution in [2.24, 2.45) is 0 Å². The summed E-state index contributed by atoms with van der Waals surface area (Å²) in [5.74, 6) is 1.35. The maximum absolute atomic E-state index is 12.4.